The standard InChI is InChI=1S/C28H30FN3O3/c1-18(31-27(33)28(2,3)4)26(19-6-12-23(34-5)13-7-19)35-24-14-15-25-20(16-24)17-30-32(25)22-10-8-21(29)9-11-22/h6-18,26H,1-5H3,(H,31,33)/t18-,26+/m0/s1. The first-order chi connectivity index (χ1) is 16.7. The van der Waals surface area contributed by atoms with Crippen molar-refractivity contribution in [1.29, 1.82) is 0 Å². The molecule has 4 aromatic rings. The normalized spacial score (nSPS) is 13.3. The second-order valence-corrected chi connectivity index (χ2v) is 9.58. The maximum Gasteiger partial charge on any atom is 0.225 e. The van der Waals surface area contributed by atoms with E-state index in [1.807, 2.05) is 70.2 Å². The molecule has 35 heavy (non-hydrogen) atoms. The Labute approximate surface area is 204 Å². The molecule has 0 bridgehead atoms. The first kappa shape index (κ1) is 24.3. The lowest BCUT2D eigenvalue weighted by atomic mass is 9.94. The largest absolute Gasteiger partial charge is 0.497 e. The first-order valence-corrected chi connectivity index (χ1v) is 11.5. The minimum absolute atomic E-state index is 0.0526. The first-order valence-electron chi connectivity index (χ1n) is 11.5. The van der Waals surface area contributed by atoms with E-state index in [-0.39, 0.29) is 17.8 Å². The van der Waals surface area contributed by atoms with Crippen molar-refractivity contribution in [3.8, 4) is 17.2 Å². The molecule has 0 spiro atoms. The molecule has 0 fully saturated rings. The van der Waals surface area contributed by atoms with Gasteiger partial charge in [0.1, 0.15) is 23.4 Å². The second kappa shape index (κ2) is 9.78. The molecule has 3 aromatic carbocycles. The van der Waals surface area contributed by atoms with Gasteiger partial charge in [-0.05, 0) is 67.1 Å². The van der Waals surface area contributed by atoms with Crippen molar-refractivity contribution in [2.45, 2.75) is 39.8 Å². The molecule has 0 aliphatic heterocycles. The summed E-state index contributed by atoms with van der Waals surface area (Å²) in [6.45, 7) is 7.57. The van der Waals surface area contributed by atoms with Gasteiger partial charge in [0.05, 0.1) is 30.6 Å². The summed E-state index contributed by atoms with van der Waals surface area (Å²) in [6, 6.07) is 19.2. The number of carbonyl (C=O) groups is 1. The van der Waals surface area contributed by atoms with Crippen molar-refractivity contribution in [1.82, 2.24) is 15.1 Å². The van der Waals surface area contributed by atoms with Gasteiger partial charge in [-0.25, -0.2) is 9.07 Å². The third kappa shape index (κ3) is 5.45. The molecule has 0 aliphatic carbocycles. The zero-order valence-electron chi connectivity index (χ0n) is 20.6. The molecular weight excluding hydrogens is 445 g/mol. The van der Waals surface area contributed by atoms with Crippen LogP contribution in [0.1, 0.15) is 39.4 Å². The van der Waals surface area contributed by atoms with E-state index in [0.717, 1.165) is 27.9 Å². The Morgan fingerprint density at radius 3 is 2.29 bits per heavy atom. The molecule has 0 unspecified atom stereocenters. The van der Waals surface area contributed by atoms with E-state index in [2.05, 4.69) is 10.4 Å². The van der Waals surface area contributed by atoms with Gasteiger partial charge in [-0.15, -0.1) is 0 Å². The fourth-order valence-electron chi connectivity index (χ4n) is 3.77. The average Bonchev–Trinajstić information content (AvgIpc) is 3.25. The Hall–Kier alpha value is -3.87. The van der Waals surface area contributed by atoms with E-state index in [9.17, 15) is 9.18 Å². The van der Waals surface area contributed by atoms with E-state index in [1.165, 1.54) is 12.1 Å². The van der Waals surface area contributed by atoms with Crippen molar-refractivity contribution in [2.24, 2.45) is 5.41 Å². The summed E-state index contributed by atoms with van der Waals surface area (Å²) in [7, 11) is 1.62. The molecule has 1 amide bonds. The van der Waals surface area contributed by atoms with Crippen LogP contribution in [0.25, 0.3) is 16.6 Å². The number of fused-ring (bicyclic) bond motifs is 1. The zero-order valence-corrected chi connectivity index (χ0v) is 20.6. The number of benzene rings is 3. The van der Waals surface area contributed by atoms with Crippen LogP contribution in [0.15, 0.2) is 72.9 Å². The molecule has 0 saturated carbocycles. The highest BCUT2D eigenvalue weighted by Crippen LogP contribution is 2.30. The Morgan fingerprint density at radius 2 is 1.66 bits per heavy atom. The Bertz CT molecular complexity index is 1310. The third-order valence-electron chi connectivity index (χ3n) is 5.81. The molecule has 6 nitrogen and oxygen atoms in total. The van der Waals surface area contributed by atoms with Crippen molar-refractivity contribution >= 4 is 16.8 Å². The molecule has 2 atom stereocenters. The van der Waals surface area contributed by atoms with Crippen LogP contribution in [0.5, 0.6) is 11.5 Å². The molecule has 4 rings (SSSR count). The van der Waals surface area contributed by atoms with Crippen LogP contribution in [0, 0.1) is 11.2 Å². The predicted molar refractivity (Wildman–Crippen MR) is 134 cm³/mol. The van der Waals surface area contributed by atoms with Crippen LogP contribution in [0.2, 0.25) is 0 Å². The van der Waals surface area contributed by atoms with Gasteiger partial charge in [0.2, 0.25) is 5.91 Å². The van der Waals surface area contributed by atoms with Gasteiger partial charge >= 0.3 is 0 Å². The Balaban J connectivity index is 1.64. The molecule has 0 saturated heterocycles. The molecule has 1 heterocycles. The summed E-state index contributed by atoms with van der Waals surface area (Å²) in [6.07, 6.45) is 1.32. The van der Waals surface area contributed by atoms with E-state index in [0.29, 0.717) is 5.75 Å². The number of methoxy groups -OCH3 is 1. The quantitative estimate of drug-likeness (QED) is 0.364. The highest BCUT2D eigenvalue weighted by molar-refractivity contribution is 5.82. The van der Waals surface area contributed by atoms with Crippen LogP contribution in [-0.4, -0.2) is 28.8 Å². The van der Waals surface area contributed by atoms with Gasteiger partial charge < -0.3 is 14.8 Å². The van der Waals surface area contributed by atoms with Gasteiger partial charge in [-0.1, -0.05) is 32.9 Å². The maximum absolute atomic E-state index is 13.3. The van der Waals surface area contributed by atoms with Crippen LogP contribution >= 0.6 is 0 Å². The minimum Gasteiger partial charge on any atom is -0.497 e. The van der Waals surface area contributed by atoms with Gasteiger partial charge in [0.15, 0.2) is 0 Å². The number of rotatable bonds is 7. The zero-order chi connectivity index (χ0) is 25.2. The van der Waals surface area contributed by atoms with E-state index in [1.54, 1.807) is 30.1 Å². The monoisotopic (exact) mass is 475 g/mol. The molecular formula is C28H30FN3O3. The van der Waals surface area contributed by atoms with Crippen molar-refractivity contribution < 1.29 is 18.7 Å². The number of nitrogens with one attached hydrogen (secondary N) is 1. The number of carbonyl (C=O) groups excluding carboxylic acids is 1. The van der Waals surface area contributed by atoms with Gasteiger partial charge in [0, 0.05) is 10.8 Å². The van der Waals surface area contributed by atoms with Crippen LogP contribution < -0.4 is 14.8 Å². The molecule has 7 heteroatoms. The van der Waals surface area contributed by atoms with Crippen molar-refractivity contribution in [2.75, 3.05) is 7.11 Å². The minimum atomic E-state index is -0.521. The number of hydrogen-bond donors (Lipinski definition) is 1. The summed E-state index contributed by atoms with van der Waals surface area (Å²) in [5.41, 5.74) is 2.03. The van der Waals surface area contributed by atoms with Crippen LogP contribution in [-0.2, 0) is 4.79 Å². The summed E-state index contributed by atoms with van der Waals surface area (Å²) < 4.78 is 26.8. The highest BCUT2D eigenvalue weighted by Gasteiger charge is 2.28. The number of amides is 1. The number of ether oxygens (including phenoxy) is 2. The molecule has 1 N–H and O–H groups in total. The van der Waals surface area contributed by atoms with E-state index < -0.39 is 11.5 Å². The second-order valence-electron chi connectivity index (χ2n) is 9.58. The number of halogens is 1. The number of aromatic nitrogens is 2. The molecule has 0 aliphatic rings. The molecule has 1 aromatic heterocycles. The maximum atomic E-state index is 13.3. The predicted octanol–water partition coefficient (Wildman–Crippen LogP) is 5.84. The van der Waals surface area contributed by atoms with Crippen molar-refractivity contribution in [3.05, 3.63) is 84.3 Å². The third-order valence-corrected chi connectivity index (χ3v) is 5.81. The lowest BCUT2D eigenvalue weighted by Crippen LogP contribution is -2.44. The smallest absolute Gasteiger partial charge is 0.225 e. The summed E-state index contributed by atoms with van der Waals surface area (Å²) >= 11 is 0. The SMILES string of the molecule is COc1ccc([C@H](Oc2ccc3c(cnn3-c3ccc(F)cc3)c2)[C@H](C)NC(=O)C(C)(C)C)cc1. The van der Waals surface area contributed by atoms with E-state index in [4.69, 9.17) is 9.47 Å². The highest BCUT2D eigenvalue weighted by atomic mass is 19.1. The fraction of sp³-hybridized carbons (Fsp3) is 0.286. The van der Waals surface area contributed by atoms with Crippen LogP contribution in [0.3, 0.4) is 0 Å². The molecule has 182 valence electrons. The lowest BCUT2D eigenvalue weighted by molar-refractivity contribution is -0.129. The number of hydrogen-bond acceptors (Lipinski definition) is 4. The lowest BCUT2D eigenvalue weighted by Gasteiger charge is -2.29. The summed E-state index contributed by atoms with van der Waals surface area (Å²) in [4.78, 5) is 12.7. The molecule has 0 radical (unpaired) electrons. The summed E-state index contributed by atoms with van der Waals surface area (Å²) in [5.74, 6) is 1.05. The van der Waals surface area contributed by atoms with Gasteiger partial charge in [-0.2, -0.15) is 5.10 Å². The number of nitrogens with zero attached hydrogens (tertiary/aromatic N) is 2. The fourth-order valence-corrected chi connectivity index (χ4v) is 3.77. The van der Waals surface area contributed by atoms with Gasteiger partial charge in [-0.3, -0.25) is 4.79 Å². The Morgan fingerprint density at radius 1 is 1.00 bits per heavy atom. The van der Waals surface area contributed by atoms with Crippen LogP contribution in [0.4, 0.5) is 4.39 Å². The van der Waals surface area contributed by atoms with Crippen molar-refractivity contribution in [3.63, 3.8) is 0 Å². The summed E-state index contributed by atoms with van der Waals surface area (Å²) in [5, 5.41) is 8.44. The van der Waals surface area contributed by atoms with Gasteiger partial charge in [0.25, 0.3) is 0 Å². The average molecular weight is 476 g/mol. The van der Waals surface area contributed by atoms with E-state index >= 15 is 0 Å². The Kier molecular flexibility index (Phi) is 6.78. The topological polar surface area (TPSA) is 65.4 Å².